The summed E-state index contributed by atoms with van der Waals surface area (Å²) in [5, 5.41) is 11.7. The SMILES string of the molecule is CNC(=O)C1CC2(CCN(c3ccc(C#N)c(C(F)(F)F)c3)CC2)CN1C(=O)c1ccc(C)s1. The number of likely N-dealkylation sites (N-methyl/N-ethyl adjacent to an activating group) is 1. The lowest BCUT2D eigenvalue weighted by Gasteiger charge is -2.40. The van der Waals surface area contributed by atoms with Crippen LogP contribution in [0.5, 0.6) is 0 Å². The van der Waals surface area contributed by atoms with Crippen molar-refractivity contribution >= 4 is 28.8 Å². The molecule has 6 nitrogen and oxygen atoms in total. The Bertz CT molecular complexity index is 1150. The maximum atomic E-state index is 13.4. The molecule has 180 valence electrons. The van der Waals surface area contributed by atoms with Crippen molar-refractivity contribution in [3.05, 3.63) is 51.2 Å². The molecule has 2 aromatic rings. The lowest BCUT2D eigenvalue weighted by atomic mass is 9.76. The molecule has 2 aliphatic heterocycles. The van der Waals surface area contributed by atoms with E-state index >= 15 is 0 Å². The number of piperidine rings is 1. The van der Waals surface area contributed by atoms with E-state index in [1.54, 1.807) is 30.1 Å². The molecular weight excluding hydrogens is 465 g/mol. The molecular formula is C24H25F3N4O2S. The summed E-state index contributed by atoms with van der Waals surface area (Å²) in [6.07, 6.45) is -2.78. The number of carbonyl (C=O) groups is 2. The highest BCUT2D eigenvalue weighted by molar-refractivity contribution is 7.13. The van der Waals surface area contributed by atoms with Crippen molar-refractivity contribution in [1.29, 1.82) is 5.26 Å². The van der Waals surface area contributed by atoms with Gasteiger partial charge in [-0.05, 0) is 61.9 Å². The molecule has 1 spiro atoms. The number of nitriles is 1. The van der Waals surface area contributed by atoms with Gasteiger partial charge < -0.3 is 15.1 Å². The number of carbonyl (C=O) groups excluding carboxylic acids is 2. The van der Waals surface area contributed by atoms with E-state index in [1.807, 2.05) is 17.9 Å². The van der Waals surface area contributed by atoms with Gasteiger partial charge in [-0.15, -0.1) is 11.3 Å². The number of nitrogens with zero attached hydrogens (tertiary/aromatic N) is 3. The van der Waals surface area contributed by atoms with E-state index in [0.29, 0.717) is 49.5 Å². The predicted octanol–water partition coefficient (Wildman–Crippen LogP) is 4.19. The molecule has 3 heterocycles. The first kappa shape index (κ1) is 24.1. The lowest BCUT2D eigenvalue weighted by Crippen LogP contribution is -2.45. The summed E-state index contributed by atoms with van der Waals surface area (Å²) in [6.45, 7) is 3.37. The van der Waals surface area contributed by atoms with E-state index in [2.05, 4.69) is 5.32 Å². The summed E-state index contributed by atoms with van der Waals surface area (Å²) >= 11 is 1.40. The van der Waals surface area contributed by atoms with Gasteiger partial charge in [0.15, 0.2) is 0 Å². The van der Waals surface area contributed by atoms with Crippen LogP contribution >= 0.6 is 11.3 Å². The van der Waals surface area contributed by atoms with Crippen LogP contribution in [0.3, 0.4) is 0 Å². The molecule has 4 rings (SSSR count). The smallest absolute Gasteiger partial charge is 0.371 e. The molecule has 1 aromatic carbocycles. The van der Waals surface area contributed by atoms with Crippen LogP contribution in [0.15, 0.2) is 30.3 Å². The number of halogens is 3. The molecule has 10 heteroatoms. The number of thiophene rings is 1. The lowest BCUT2D eigenvalue weighted by molar-refractivity contribution is -0.137. The molecule has 34 heavy (non-hydrogen) atoms. The van der Waals surface area contributed by atoms with Gasteiger partial charge >= 0.3 is 6.18 Å². The molecule has 0 radical (unpaired) electrons. The van der Waals surface area contributed by atoms with E-state index in [4.69, 9.17) is 5.26 Å². The number of aryl methyl sites for hydroxylation is 1. The number of amides is 2. The van der Waals surface area contributed by atoms with E-state index < -0.39 is 23.3 Å². The maximum absolute atomic E-state index is 13.4. The summed E-state index contributed by atoms with van der Waals surface area (Å²) < 4.78 is 40.2. The van der Waals surface area contributed by atoms with Gasteiger partial charge in [-0.2, -0.15) is 18.4 Å². The van der Waals surface area contributed by atoms with Crippen LogP contribution in [0, 0.1) is 23.7 Å². The Morgan fingerprint density at radius 2 is 1.91 bits per heavy atom. The highest BCUT2D eigenvalue weighted by Crippen LogP contribution is 2.45. The van der Waals surface area contributed by atoms with Crippen molar-refractivity contribution in [3.8, 4) is 6.07 Å². The number of alkyl halides is 3. The zero-order chi connectivity index (χ0) is 24.7. The molecule has 1 aromatic heterocycles. The van der Waals surface area contributed by atoms with Crippen molar-refractivity contribution in [2.45, 2.75) is 38.4 Å². The number of hydrogen-bond acceptors (Lipinski definition) is 5. The summed E-state index contributed by atoms with van der Waals surface area (Å²) in [7, 11) is 1.55. The Kier molecular flexibility index (Phi) is 6.34. The number of rotatable bonds is 3. The Morgan fingerprint density at radius 3 is 2.47 bits per heavy atom. The Morgan fingerprint density at radius 1 is 1.21 bits per heavy atom. The fourth-order valence-corrected chi connectivity index (χ4v) is 5.85. The quantitative estimate of drug-likeness (QED) is 0.700. The van der Waals surface area contributed by atoms with Crippen molar-refractivity contribution in [3.63, 3.8) is 0 Å². The first-order valence-corrected chi connectivity index (χ1v) is 11.8. The second kappa shape index (κ2) is 8.95. The number of likely N-dealkylation sites (tertiary alicyclic amines) is 1. The van der Waals surface area contributed by atoms with Crippen LogP contribution < -0.4 is 10.2 Å². The average molecular weight is 491 g/mol. The van der Waals surface area contributed by atoms with Gasteiger partial charge in [0, 0.05) is 37.2 Å². The van der Waals surface area contributed by atoms with E-state index in [9.17, 15) is 22.8 Å². The van der Waals surface area contributed by atoms with Gasteiger partial charge in [0.2, 0.25) is 5.91 Å². The zero-order valence-electron chi connectivity index (χ0n) is 18.9. The number of nitrogens with one attached hydrogen (secondary N) is 1. The molecule has 2 saturated heterocycles. The van der Waals surface area contributed by atoms with Crippen molar-refractivity contribution in [2.75, 3.05) is 31.6 Å². The third kappa shape index (κ3) is 4.49. The van der Waals surface area contributed by atoms with Gasteiger partial charge in [-0.1, -0.05) is 0 Å². The molecule has 1 N–H and O–H groups in total. The van der Waals surface area contributed by atoms with Crippen LogP contribution in [0.4, 0.5) is 18.9 Å². The summed E-state index contributed by atoms with van der Waals surface area (Å²) in [5.41, 5.74) is -1.18. The summed E-state index contributed by atoms with van der Waals surface area (Å²) in [6, 6.07) is 8.49. The minimum absolute atomic E-state index is 0.159. The van der Waals surface area contributed by atoms with E-state index in [1.165, 1.54) is 17.4 Å². The highest BCUT2D eigenvalue weighted by atomic mass is 32.1. The minimum Gasteiger partial charge on any atom is -0.371 e. The molecule has 0 bridgehead atoms. The van der Waals surface area contributed by atoms with E-state index in [0.717, 1.165) is 10.9 Å². The number of benzene rings is 1. The second-order valence-corrected chi connectivity index (χ2v) is 10.3. The Hall–Kier alpha value is -3.06. The summed E-state index contributed by atoms with van der Waals surface area (Å²) in [4.78, 5) is 31.0. The first-order valence-electron chi connectivity index (χ1n) is 11.0. The monoisotopic (exact) mass is 490 g/mol. The van der Waals surface area contributed by atoms with E-state index in [-0.39, 0.29) is 17.2 Å². The number of hydrogen-bond donors (Lipinski definition) is 1. The second-order valence-electron chi connectivity index (χ2n) is 9.00. The van der Waals surface area contributed by atoms with Crippen LogP contribution in [0.1, 0.15) is 44.9 Å². The topological polar surface area (TPSA) is 76.4 Å². The van der Waals surface area contributed by atoms with Gasteiger partial charge in [0.1, 0.15) is 6.04 Å². The average Bonchev–Trinajstić information content (AvgIpc) is 3.42. The van der Waals surface area contributed by atoms with Crippen LogP contribution in [0.2, 0.25) is 0 Å². The van der Waals surface area contributed by atoms with Gasteiger partial charge in [0.05, 0.1) is 22.1 Å². The highest BCUT2D eigenvalue weighted by Gasteiger charge is 2.50. The molecule has 0 aliphatic carbocycles. The van der Waals surface area contributed by atoms with Crippen LogP contribution in [-0.2, 0) is 11.0 Å². The normalized spacial score (nSPS) is 19.8. The van der Waals surface area contributed by atoms with Gasteiger partial charge in [-0.25, -0.2) is 0 Å². The van der Waals surface area contributed by atoms with Gasteiger partial charge in [-0.3, -0.25) is 9.59 Å². The van der Waals surface area contributed by atoms with Crippen LogP contribution in [-0.4, -0.2) is 49.4 Å². The zero-order valence-corrected chi connectivity index (χ0v) is 19.7. The Balaban J connectivity index is 1.53. The number of anilines is 1. The largest absolute Gasteiger partial charge is 0.417 e. The maximum Gasteiger partial charge on any atom is 0.417 e. The minimum atomic E-state index is -4.61. The van der Waals surface area contributed by atoms with Crippen LogP contribution in [0.25, 0.3) is 0 Å². The molecule has 0 saturated carbocycles. The van der Waals surface area contributed by atoms with Gasteiger partial charge in [0.25, 0.3) is 5.91 Å². The molecule has 2 amide bonds. The molecule has 1 atom stereocenters. The van der Waals surface area contributed by atoms with Crippen molar-refractivity contribution in [1.82, 2.24) is 10.2 Å². The Labute approximate surface area is 200 Å². The molecule has 2 aliphatic rings. The first-order chi connectivity index (χ1) is 16.1. The van der Waals surface area contributed by atoms with Crippen molar-refractivity contribution in [2.24, 2.45) is 5.41 Å². The fourth-order valence-electron chi connectivity index (χ4n) is 5.02. The summed E-state index contributed by atoms with van der Waals surface area (Å²) in [5.74, 6) is -0.365. The third-order valence-electron chi connectivity index (χ3n) is 6.89. The standard InChI is InChI=1S/C24H25F3N4O2S/c1-15-3-6-20(34-15)22(33)31-14-23(12-19(31)21(32)29-2)7-9-30(10-8-23)17-5-4-16(13-28)18(11-17)24(25,26)27/h3-6,11,19H,7-10,12,14H2,1-2H3,(H,29,32). The predicted molar refractivity (Wildman–Crippen MR) is 123 cm³/mol. The third-order valence-corrected chi connectivity index (χ3v) is 7.88. The molecule has 1 unspecified atom stereocenters. The molecule has 2 fully saturated rings. The fraction of sp³-hybridized carbons (Fsp3) is 0.458. The van der Waals surface area contributed by atoms with Crippen molar-refractivity contribution < 1.29 is 22.8 Å².